The van der Waals surface area contributed by atoms with Gasteiger partial charge in [0.1, 0.15) is 10.6 Å². The van der Waals surface area contributed by atoms with E-state index in [1.807, 2.05) is 29.9 Å². The van der Waals surface area contributed by atoms with E-state index in [9.17, 15) is 13.2 Å². The molecule has 0 aliphatic rings. The van der Waals surface area contributed by atoms with E-state index in [0.29, 0.717) is 5.69 Å². The third kappa shape index (κ3) is 5.90. The van der Waals surface area contributed by atoms with Crippen molar-refractivity contribution in [2.75, 3.05) is 12.4 Å². The number of hydrogen-bond acceptors (Lipinski definition) is 6. The molecular weight excluding hydrogens is 448 g/mol. The molecule has 3 rings (SSSR count). The molecule has 0 aliphatic carbocycles. The van der Waals surface area contributed by atoms with Crippen molar-refractivity contribution in [3.63, 3.8) is 0 Å². The van der Waals surface area contributed by atoms with Gasteiger partial charge in [-0.2, -0.15) is 0 Å². The summed E-state index contributed by atoms with van der Waals surface area (Å²) in [5.41, 5.74) is 0.107. The second kappa shape index (κ2) is 9.35. The molecule has 0 spiro atoms. The van der Waals surface area contributed by atoms with E-state index in [0.717, 1.165) is 10.1 Å². The molecule has 0 saturated carbocycles. The summed E-state index contributed by atoms with van der Waals surface area (Å²) >= 11 is 1.51. The molecule has 0 atom stereocenters. The fourth-order valence-corrected chi connectivity index (χ4v) is 5.27. The third-order valence-electron chi connectivity index (χ3n) is 4.25. The van der Waals surface area contributed by atoms with Crippen LogP contribution >= 0.6 is 11.8 Å². The Balaban J connectivity index is 1.78. The highest BCUT2D eigenvalue weighted by Crippen LogP contribution is 2.28. The summed E-state index contributed by atoms with van der Waals surface area (Å²) in [5.74, 6) is -0.265. The molecule has 0 radical (unpaired) electrons. The van der Waals surface area contributed by atoms with Gasteiger partial charge >= 0.3 is 0 Å². The summed E-state index contributed by atoms with van der Waals surface area (Å²) in [6.45, 7) is 5.22. The van der Waals surface area contributed by atoms with Crippen molar-refractivity contribution in [1.82, 2.24) is 14.3 Å². The first-order chi connectivity index (χ1) is 15.0. The highest BCUT2D eigenvalue weighted by Gasteiger charge is 2.26. The fourth-order valence-electron chi connectivity index (χ4n) is 2.85. The van der Waals surface area contributed by atoms with Gasteiger partial charge in [-0.15, -0.1) is 0 Å². The van der Waals surface area contributed by atoms with Crippen molar-refractivity contribution in [3.05, 3.63) is 60.4 Å². The second-order valence-electron chi connectivity index (χ2n) is 8.12. The summed E-state index contributed by atoms with van der Waals surface area (Å²) in [5, 5.41) is 3.65. The Labute approximate surface area is 192 Å². The summed E-state index contributed by atoms with van der Waals surface area (Å²) in [6.07, 6.45) is 3.61. The maximum atomic E-state index is 12.8. The summed E-state index contributed by atoms with van der Waals surface area (Å²) in [7, 11) is -0.584. The molecule has 2 N–H and O–H groups in total. The molecular formula is C22H26N4O4S2. The zero-order chi connectivity index (χ0) is 23.5. The molecule has 0 bridgehead atoms. The van der Waals surface area contributed by atoms with Crippen LogP contribution in [0.25, 0.3) is 0 Å². The molecule has 170 valence electrons. The largest absolute Gasteiger partial charge is 0.495 e. The molecule has 32 heavy (non-hydrogen) atoms. The summed E-state index contributed by atoms with van der Waals surface area (Å²) < 4.78 is 35.3. The van der Waals surface area contributed by atoms with Crippen molar-refractivity contribution in [3.8, 4) is 5.75 Å². The van der Waals surface area contributed by atoms with Gasteiger partial charge in [0.25, 0.3) is 5.91 Å². The van der Waals surface area contributed by atoms with Crippen LogP contribution < -0.4 is 14.8 Å². The Bertz CT molecular complexity index is 1210. The molecule has 1 amide bonds. The average molecular weight is 475 g/mol. The van der Waals surface area contributed by atoms with Crippen LogP contribution in [0.2, 0.25) is 0 Å². The average Bonchev–Trinajstić information content (AvgIpc) is 3.11. The number of benzene rings is 2. The van der Waals surface area contributed by atoms with E-state index in [4.69, 9.17) is 4.74 Å². The molecule has 3 aromatic rings. The number of methoxy groups -OCH3 is 1. The first-order valence-electron chi connectivity index (χ1n) is 9.77. The summed E-state index contributed by atoms with van der Waals surface area (Å²) in [6, 6.07) is 11.6. The van der Waals surface area contributed by atoms with Crippen LogP contribution in [-0.4, -0.2) is 36.5 Å². The maximum absolute atomic E-state index is 12.8. The quantitative estimate of drug-likeness (QED) is 0.538. The SMILES string of the molecule is COc1ccc(C(=O)Nc2ccc(Sc3nccn3C)cc2)cc1S(=O)(=O)NC(C)(C)C. The van der Waals surface area contributed by atoms with E-state index in [-0.39, 0.29) is 16.2 Å². The molecule has 8 nitrogen and oxygen atoms in total. The zero-order valence-corrected chi connectivity index (χ0v) is 20.2. The van der Waals surface area contributed by atoms with Gasteiger partial charge in [0, 0.05) is 41.1 Å². The molecule has 0 fully saturated rings. The maximum Gasteiger partial charge on any atom is 0.255 e. The lowest BCUT2D eigenvalue weighted by atomic mass is 10.1. The van der Waals surface area contributed by atoms with Crippen molar-refractivity contribution < 1.29 is 17.9 Å². The Morgan fingerprint density at radius 3 is 2.38 bits per heavy atom. The monoisotopic (exact) mass is 474 g/mol. The number of carbonyl (C=O) groups excluding carboxylic acids is 1. The highest BCUT2D eigenvalue weighted by molar-refractivity contribution is 7.99. The van der Waals surface area contributed by atoms with Crippen molar-refractivity contribution in [2.24, 2.45) is 7.05 Å². The van der Waals surface area contributed by atoms with Crippen molar-refractivity contribution in [1.29, 1.82) is 0 Å². The van der Waals surface area contributed by atoms with Crippen LogP contribution in [0.5, 0.6) is 5.75 Å². The molecule has 0 unspecified atom stereocenters. The Hall–Kier alpha value is -2.82. The number of nitrogens with zero attached hydrogens (tertiary/aromatic N) is 2. The van der Waals surface area contributed by atoms with Crippen LogP contribution in [0.3, 0.4) is 0 Å². The van der Waals surface area contributed by atoms with Crippen LogP contribution in [-0.2, 0) is 17.1 Å². The number of imidazole rings is 1. The second-order valence-corrected chi connectivity index (χ2v) is 10.8. The molecule has 0 aliphatic heterocycles. The fraction of sp³-hybridized carbons (Fsp3) is 0.273. The topological polar surface area (TPSA) is 102 Å². The number of aryl methyl sites for hydroxylation is 1. The molecule has 1 aromatic heterocycles. The number of aromatic nitrogens is 2. The van der Waals surface area contributed by atoms with E-state index < -0.39 is 21.5 Å². The lowest BCUT2D eigenvalue weighted by Crippen LogP contribution is -2.40. The predicted octanol–water partition coefficient (Wildman–Crippen LogP) is 3.91. The lowest BCUT2D eigenvalue weighted by molar-refractivity contribution is 0.102. The van der Waals surface area contributed by atoms with Crippen LogP contribution in [0.4, 0.5) is 5.69 Å². The number of sulfonamides is 1. The Morgan fingerprint density at radius 2 is 1.81 bits per heavy atom. The van der Waals surface area contributed by atoms with Gasteiger partial charge in [-0.25, -0.2) is 18.1 Å². The van der Waals surface area contributed by atoms with Gasteiger partial charge < -0.3 is 14.6 Å². The minimum absolute atomic E-state index is 0.0932. The minimum Gasteiger partial charge on any atom is -0.495 e. The van der Waals surface area contributed by atoms with E-state index >= 15 is 0 Å². The molecule has 1 heterocycles. The number of amides is 1. The first-order valence-corrected chi connectivity index (χ1v) is 12.1. The minimum atomic E-state index is -3.89. The molecule has 2 aromatic carbocycles. The van der Waals surface area contributed by atoms with Crippen molar-refractivity contribution in [2.45, 2.75) is 41.3 Å². The van der Waals surface area contributed by atoms with E-state index in [1.54, 1.807) is 39.1 Å². The number of anilines is 1. The highest BCUT2D eigenvalue weighted by atomic mass is 32.2. The van der Waals surface area contributed by atoms with Gasteiger partial charge in [-0.05, 0) is 63.2 Å². The predicted molar refractivity (Wildman–Crippen MR) is 125 cm³/mol. The lowest BCUT2D eigenvalue weighted by Gasteiger charge is -2.21. The van der Waals surface area contributed by atoms with Gasteiger partial charge in [0.15, 0.2) is 5.16 Å². The number of ether oxygens (including phenoxy) is 1. The normalized spacial score (nSPS) is 11.9. The van der Waals surface area contributed by atoms with Crippen LogP contribution in [0, 0.1) is 0 Å². The Morgan fingerprint density at radius 1 is 1.12 bits per heavy atom. The molecule has 0 saturated heterocycles. The van der Waals surface area contributed by atoms with Gasteiger partial charge in [0.05, 0.1) is 7.11 Å². The zero-order valence-electron chi connectivity index (χ0n) is 18.5. The summed E-state index contributed by atoms with van der Waals surface area (Å²) in [4.78, 5) is 17.9. The molecule has 10 heteroatoms. The van der Waals surface area contributed by atoms with Gasteiger partial charge in [0.2, 0.25) is 10.0 Å². The third-order valence-corrected chi connectivity index (χ3v) is 7.12. The number of hydrogen-bond donors (Lipinski definition) is 2. The Kier molecular flexibility index (Phi) is 6.97. The van der Waals surface area contributed by atoms with Crippen LogP contribution in [0.15, 0.2) is 69.8 Å². The number of rotatable bonds is 7. The standard InChI is InChI=1S/C22H26N4O4S2/c1-22(2,3)25-32(28,29)19-14-15(6-11-18(19)30-5)20(27)24-16-7-9-17(10-8-16)31-21-23-12-13-26(21)4/h6-14,25H,1-5H3,(H,24,27). The van der Waals surface area contributed by atoms with Crippen molar-refractivity contribution >= 4 is 33.4 Å². The van der Waals surface area contributed by atoms with E-state index in [2.05, 4.69) is 15.0 Å². The number of nitrogens with one attached hydrogen (secondary N) is 2. The first kappa shape index (κ1) is 23.8. The number of carbonyl (C=O) groups is 1. The smallest absolute Gasteiger partial charge is 0.255 e. The van der Waals surface area contributed by atoms with Crippen LogP contribution in [0.1, 0.15) is 31.1 Å². The van der Waals surface area contributed by atoms with E-state index in [1.165, 1.54) is 37.1 Å². The van der Waals surface area contributed by atoms with Gasteiger partial charge in [-0.3, -0.25) is 4.79 Å². The van der Waals surface area contributed by atoms with Gasteiger partial charge in [-0.1, -0.05) is 11.8 Å².